The standard InChI is InChI=1S/C26H45ClN6O3/c1-33(16-13-28,17-14-29)15-5-8-21(30)25(35)31-22(11-9-19-6-3-2-4-7-19)26(36)32-23-18-20(27)10-12-24(23)34/h10,12,18-19,21-22H,2-9,11,13-17,28-30H2,1H3,(H2-,31,32,34,35,36)/p+1/t21?,22-/m1/s1. The molecule has 1 fully saturated rings. The number of phenols is 1. The van der Waals surface area contributed by atoms with Crippen molar-refractivity contribution in [3.05, 3.63) is 23.2 Å². The summed E-state index contributed by atoms with van der Waals surface area (Å²) in [5.74, 6) is -0.266. The van der Waals surface area contributed by atoms with Crippen molar-refractivity contribution >= 4 is 29.1 Å². The summed E-state index contributed by atoms with van der Waals surface area (Å²) in [6, 6.07) is 2.97. The first-order valence-corrected chi connectivity index (χ1v) is 13.6. The average molecular weight is 526 g/mol. The zero-order valence-electron chi connectivity index (χ0n) is 21.7. The fourth-order valence-electron chi connectivity index (χ4n) is 5.04. The second kappa shape index (κ2) is 15.4. The van der Waals surface area contributed by atoms with Crippen molar-refractivity contribution in [2.24, 2.45) is 23.1 Å². The van der Waals surface area contributed by atoms with Crippen molar-refractivity contribution in [3.63, 3.8) is 0 Å². The number of hydrogen-bond donors (Lipinski definition) is 6. The Morgan fingerprint density at radius 1 is 1.08 bits per heavy atom. The minimum atomic E-state index is -0.751. The van der Waals surface area contributed by atoms with Crippen LogP contribution in [0.3, 0.4) is 0 Å². The zero-order valence-corrected chi connectivity index (χ0v) is 22.4. The molecule has 0 bridgehead atoms. The number of nitrogens with two attached hydrogens (primary N) is 3. The molecule has 0 radical (unpaired) electrons. The third-order valence-electron chi connectivity index (χ3n) is 7.33. The molecule has 1 aliphatic carbocycles. The molecular weight excluding hydrogens is 480 g/mol. The van der Waals surface area contributed by atoms with Crippen LogP contribution in [0.5, 0.6) is 5.75 Å². The molecule has 10 heteroatoms. The molecule has 1 aromatic rings. The predicted octanol–water partition coefficient (Wildman–Crippen LogP) is 2.30. The summed E-state index contributed by atoms with van der Waals surface area (Å²) in [4.78, 5) is 26.1. The molecule has 2 amide bonds. The molecule has 2 atom stereocenters. The van der Waals surface area contributed by atoms with Crippen LogP contribution in [-0.2, 0) is 9.59 Å². The Balaban J connectivity index is 1.99. The molecule has 9 N–H and O–H groups in total. The largest absolute Gasteiger partial charge is 0.506 e. The maximum atomic E-state index is 13.1. The van der Waals surface area contributed by atoms with Gasteiger partial charge in [0.1, 0.15) is 11.8 Å². The van der Waals surface area contributed by atoms with Gasteiger partial charge in [-0.15, -0.1) is 0 Å². The molecule has 36 heavy (non-hydrogen) atoms. The van der Waals surface area contributed by atoms with Crippen molar-refractivity contribution in [1.29, 1.82) is 0 Å². The lowest BCUT2D eigenvalue weighted by molar-refractivity contribution is -0.907. The lowest BCUT2D eigenvalue weighted by Crippen LogP contribution is -2.52. The Morgan fingerprint density at radius 3 is 2.39 bits per heavy atom. The average Bonchev–Trinajstić information content (AvgIpc) is 2.84. The number of benzene rings is 1. The number of amides is 2. The molecule has 9 nitrogen and oxygen atoms in total. The maximum absolute atomic E-state index is 13.1. The number of hydrogen-bond acceptors (Lipinski definition) is 6. The van der Waals surface area contributed by atoms with E-state index in [9.17, 15) is 14.7 Å². The molecule has 0 aromatic heterocycles. The van der Waals surface area contributed by atoms with Crippen molar-refractivity contribution in [2.75, 3.05) is 45.1 Å². The van der Waals surface area contributed by atoms with E-state index in [1.54, 1.807) is 6.07 Å². The smallest absolute Gasteiger partial charge is 0.247 e. The van der Waals surface area contributed by atoms with Gasteiger partial charge in [-0.1, -0.05) is 43.7 Å². The molecule has 0 spiro atoms. The number of halogens is 1. The van der Waals surface area contributed by atoms with Gasteiger partial charge in [-0.05, 0) is 49.8 Å². The highest BCUT2D eigenvalue weighted by Gasteiger charge is 2.27. The number of carbonyl (C=O) groups excluding carboxylic acids is 2. The predicted molar refractivity (Wildman–Crippen MR) is 146 cm³/mol. The number of likely N-dealkylation sites (N-methyl/N-ethyl adjacent to an activating group) is 1. The van der Waals surface area contributed by atoms with Crippen molar-refractivity contribution < 1.29 is 19.2 Å². The second-order valence-corrected chi connectivity index (χ2v) is 10.8. The van der Waals surface area contributed by atoms with Crippen molar-refractivity contribution in [1.82, 2.24) is 5.32 Å². The first-order valence-electron chi connectivity index (χ1n) is 13.3. The van der Waals surface area contributed by atoms with Gasteiger partial charge in [0.2, 0.25) is 11.8 Å². The highest BCUT2D eigenvalue weighted by Crippen LogP contribution is 2.29. The number of rotatable bonds is 15. The summed E-state index contributed by atoms with van der Waals surface area (Å²) in [5.41, 5.74) is 17.9. The fraction of sp³-hybridized carbons (Fsp3) is 0.692. The van der Waals surface area contributed by atoms with Gasteiger partial charge in [0, 0.05) is 18.1 Å². The van der Waals surface area contributed by atoms with E-state index in [0.717, 1.165) is 49.8 Å². The molecule has 1 aliphatic rings. The number of phenolic OH excluding ortho intramolecular Hbond substituents is 1. The van der Waals surface area contributed by atoms with E-state index in [1.807, 2.05) is 0 Å². The number of anilines is 1. The summed E-state index contributed by atoms with van der Waals surface area (Å²) < 4.78 is 0.747. The van der Waals surface area contributed by atoms with Crippen LogP contribution in [0.1, 0.15) is 57.8 Å². The van der Waals surface area contributed by atoms with Crippen LogP contribution in [0, 0.1) is 5.92 Å². The highest BCUT2D eigenvalue weighted by molar-refractivity contribution is 6.31. The van der Waals surface area contributed by atoms with E-state index < -0.39 is 12.1 Å². The van der Waals surface area contributed by atoms with E-state index in [-0.39, 0.29) is 23.3 Å². The Labute approximate surface area is 220 Å². The Bertz CT molecular complexity index is 828. The molecule has 0 aliphatic heterocycles. The number of aromatic hydroxyl groups is 1. The molecule has 0 saturated heterocycles. The van der Waals surface area contributed by atoms with Crippen LogP contribution in [0.15, 0.2) is 18.2 Å². The number of quaternary nitrogens is 1. The SMILES string of the molecule is C[N+](CCN)(CCN)CCCC(N)C(=O)N[C@H](CCC1CCCCC1)C(=O)Nc1cc(Cl)ccc1O. The first-order chi connectivity index (χ1) is 17.2. The van der Waals surface area contributed by atoms with Crippen molar-refractivity contribution in [3.8, 4) is 5.75 Å². The minimum Gasteiger partial charge on any atom is -0.506 e. The molecule has 204 valence electrons. The Kier molecular flexibility index (Phi) is 12.9. The van der Waals surface area contributed by atoms with Gasteiger partial charge >= 0.3 is 0 Å². The summed E-state index contributed by atoms with van der Waals surface area (Å²) in [7, 11) is 2.11. The monoisotopic (exact) mass is 525 g/mol. The maximum Gasteiger partial charge on any atom is 0.247 e. The zero-order chi connectivity index (χ0) is 26.6. The van der Waals surface area contributed by atoms with Gasteiger partial charge in [-0.25, -0.2) is 0 Å². The summed E-state index contributed by atoms with van der Waals surface area (Å²) in [6.45, 7) is 3.61. The van der Waals surface area contributed by atoms with Gasteiger partial charge in [0.15, 0.2) is 0 Å². The first kappa shape index (κ1) is 30.3. The van der Waals surface area contributed by atoms with Crippen LogP contribution in [0.2, 0.25) is 5.02 Å². The summed E-state index contributed by atoms with van der Waals surface area (Å²) in [5, 5.41) is 16.1. The third-order valence-corrected chi connectivity index (χ3v) is 7.56. The highest BCUT2D eigenvalue weighted by atomic mass is 35.5. The van der Waals surface area contributed by atoms with Crippen LogP contribution >= 0.6 is 11.6 Å². The van der Waals surface area contributed by atoms with Gasteiger partial charge in [-0.2, -0.15) is 0 Å². The van der Waals surface area contributed by atoms with Gasteiger partial charge < -0.3 is 37.4 Å². The Morgan fingerprint density at radius 2 is 1.75 bits per heavy atom. The lowest BCUT2D eigenvalue weighted by Gasteiger charge is -2.34. The van der Waals surface area contributed by atoms with E-state index >= 15 is 0 Å². The lowest BCUT2D eigenvalue weighted by atomic mass is 9.85. The van der Waals surface area contributed by atoms with E-state index in [0.29, 0.717) is 36.9 Å². The van der Waals surface area contributed by atoms with Gasteiger partial charge in [0.05, 0.1) is 38.4 Å². The molecule has 1 unspecified atom stereocenters. The van der Waals surface area contributed by atoms with Crippen LogP contribution in [0.25, 0.3) is 0 Å². The van der Waals surface area contributed by atoms with Crippen LogP contribution in [-0.4, -0.2) is 73.3 Å². The Hall–Kier alpha value is -1.91. The third kappa shape index (κ3) is 10.2. The van der Waals surface area contributed by atoms with E-state index in [4.69, 9.17) is 28.8 Å². The minimum absolute atomic E-state index is 0.0852. The van der Waals surface area contributed by atoms with Gasteiger partial charge in [0.25, 0.3) is 0 Å². The summed E-state index contributed by atoms with van der Waals surface area (Å²) in [6.07, 6.45) is 8.60. The molecule has 1 aromatic carbocycles. The normalized spacial score (nSPS) is 16.4. The van der Waals surface area contributed by atoms with E-state index in [1.165, 1.54) is 31.4 Å². The molecule has 2 rings (SSSR count). The van der Waals surface area contributed by atoms with Gasteiger partial charge in [-0.3, -0.25) is 9.59 Å². The molecular formula is C26H46ClN6O3+. The molecule has 1 saturated carbocycles. The topological polar surface area (TPSA) is 156 Å². The number of nitrogens with zero attached hydrogens (tertiary/aromatic N) is 1. The quantitative estimate of drug-likeness (QED) is 0.152. The van der Waals surface area contributed by atoms with E-state index in [2.05, 4.69) is 17.7 Å². The van der Waals surface area contributed by atoms with Crippen molar-refractivity contribution in [2.45, 2.75) is 69.9 Å². The second-order valence-electron chi connectivity index (χ2n) is 10.4. The number of nitrogens with one attached hydrogen (secondary N) is 2. The molecule has 0 heterocycles. The number of carbonyl (C=O) groups is 2. The van der Waals surface area contributed by atoms with Crippen LogP contribution in [0.4, 0.5) is 5.69 Å². The van der Waals surface area contributed by atoms with Crippen LogP contribution < -0.4 is 27.8 Å². The summed E-state index contributed by atoms with van der Waals surface area (Å²) >= 11 is 6.02. The fourth-order valence-corrected chi connectivity index (χ4v) is 5.21.